The van der Waals surface area contributed by atoms with E-state index in [1.54, 1.807) is 6.07 Å². The molecule has 2 nitrogen and oxygen atoms in total. The molecule has 1 atom stereocenters. The molecule has 1 unspecified atom stereocenters. The molecule has 1 aliphatic rings. The number of rotatable bonds is 3. The largest absolute Gasteiger partial charge is 0.395 e. The maximum atomic E-state index is 12.9. The van der Waals surface area contributed by atoms with E-state index >= 15 is 0 Å². The summed E-state index contributed by atoms with van der Waals surface area (Å²) in [4.78, 5) is 2.22. The number of aliphatic hydroxyl groups excluding tert-OH is 1. The van der Waals surface area contributed by atoms with Crippen molar-refractivity contribution >= 4 is 11.6 Å². The van der Waals surface area contributed by atoms with Crippen LogP contribution in [0, 0.1) is 5.82 Å². The standard InChI is InChI=1S/C13H17ClFNO/c14-13-7-11(15)5-4-10(13)8-16-6-2-1-3-12(16)9-17/h4-5,7,12,17H,1-3,6,8-9H2. The molecule has 17 heavy (non-hydrogen) atoms. The summed E-state index contributed by atoms with van der Waals surface area (Å²) in [5.74, 6) is -0.309. The van der Waals surface area contributed by atoms with Gasteiger partial charge in [-0.15, -0.1) is 0 Å². The van der Waals surface area contributed by atoms with Gasteiger partial charge in [0.2, 0.25) is 0 Å². The molecule has 94 valence electrons. The summed E-state index contributed by atoms with van der Waals surface area (Å²) in [5, 5.41) is 9.78. The van der Waals surface area contributed by atoms with E-state index in [1.165, 1.54) is 18.6 Å². The fraction of sp³-hybridized carbons (Fsp3) is 0.538. The zero-order valence-corrected chi connectivity index (χ0v) is 10.5. The van der Waals surface area contributed by atoms with E-state index in [-0.39, 0.29) is 18.5 Å². The highest BCUT2D eigenvalue weighted by Gasteiger charge is 2.22. The summed E-state index contributed by atoms with van der Waals surface area (Å²) in [7, 11) is 0. The predicted molar refractivity (Wildman–Crippen MR) is 66.5 cm³/mol. The Balaban J connectivity index is 2.08. The third kappa shape index (κ3) is 3.18. The first-order valence-electron chi connectivity index (χ1n) is 5.99. The number of halogens is 2. The van der Waals surface area contributed by atoms with Gasteiger partial charge in [0.15, 0.2) is 0 Å². The second-order valence-electron chi connectivity index (χ2n) is 4.54. The molecule has 0 amide bonds. The summed E-state index contributed by atoms with van der Waals surface area (Å²) in [6, 6.07) is 4.71. The molecule has 4 heteroatoms. The molecule has 1 fully saturated rings. The first kappa shape index (κ1) is 12.8. The summed E-state index contributed by atoms with van der Waals surface area (Å²) in [6.07, 6.45) is 3.34. The SMILES string of the molecule is OCC1CCCCN1Cc1ccc(F)cc1Cl. The number of benzene rings is 1. The number of nitrogens with zero attached hydrogens (tertiary/aromatic N) is 1. The minimum Gasteiger partial charge on any atom is -0.395 e. The second kappa shape index (κ2) is 5.80. The molecule has 0 aromatic heterocycles. The molecule has 1 heterocycles. The van der Waals surface area contributed by atoms with Crippen LogP contribution in [0.2, 0.25) is 5.02 Å². The average molecular weight is 258 g/mol. The van der Waals surface area contributed by atoms with Crippen molar-refractivity contribution in [2.75, 3.05) is 13.2 Å². The van der Waals surface area contributed by atoms with Crippen molar-refractivity contribution in [2.45, 2.75) is 31.8 Å². The van der Waals surface area contributed by atoms with Crippen LogP contribution in [0.4, 0.5) is 4.39 Å². The summed E-state index contributed by atoms with van der Waals surface area (Å²) in [5.41, 5.74) is 0.924. The highest BCUT2D eigenvalue weighted by Crippen LogP contribution is 2.23. The number of hydrogen-bond acceptors (Lipinski definition) is 2. The van der Waals surface area contributed by atoms with Gasteiger partial charge in [-0.25, -0.2) is 4.39 Å². The Labute approximate surface area is 106 Å². The van der Waals surface area contributed by atoms with Gasteiger partial charge in [-0.3, -0.25) is 4.90 Å². The van der Waals surface area contributed by atoms with Gasteiger partial charge in [-0.05, 0) is 37.1 Å². The van der Waals surface area contributed by atoms with Crippen molar-refractivity contribution in [3.8, 4) is 0 Å². The van der Waals surface area contributed by atoms with Gasteiger partial charge in [0, 0.05) is 17.6 Å². The van der Waals surface area contributed by atoms with E-state index in [4.69, 9.17) is 11.6 Å². The minimum atomic E-state index is -0.309. The van der Waals surface area contributed by atoms with Crippen molar-refractivity contribution in [3.05, 3.63) is 34.6 Å². The molecular formula is C13H17ClFNO. The first-order valence-corrected chi connectivity index (χ1v) is 6.37. The van der Waals surface area contributed by atoms with Crippen molar-refractivity contribution in [3.63, 3.8) is 0 Å². The van der Waals surface area contributed by atoms with Crippen molar-refractivity contribution in [1.29, 1.82) is 0 Å². The van der Waals surface area contributed by atoms with Gasteiger partial charge in [-0.2, -0.15) is 0 Å². The number of likely N-dealkylation sites (tertiary alicyclic amines) is 1. The monoisotopic (exact) mass is 257 g/mol. The molecule has 1 N–H and O–H groups in total. The van der Waals surface area contributed by atoms with Gasteiger partial charge >= 0.3 is 0 Å². The third-order valence-electron chi connectivity index (χ3n) is 3.35. The lowest BCUT2D eigenvalue weighted by Gasteiger charge is -2.34. The fourth-order valence-electron chi connectivity index (χ4n) is 2.34. The quantitative estimate of drug-likeness (QED) is 0.900. The zero-order valence-electron chi connectivity index (χ0n) is 9.70. The average Bonchev–Trinajstić information content (AvgIpc) is 2.33. The molecule has 2 rings (SSSR count). The van der Waals surface area contributed by atoms with Crippen molar-refractivity contribution < 1.29 is 9.50 Å². The van der Waals surface area contributed by atoms with E-state index in [1.807, 2.05) is 0 Å². The topological polar surface area (TPSA) is 23.5 Å². The fourth-order valence-corrected chi connectivity index (χ4v) is 2.57. The van der Waals surface area contributed by atoms with E-state index in [0.29, 0.717) is 11.6 Å². The molecule has 0 bridgehead atoms. The second-order valence-corrected chi connectivity index (χ2v) is 4.95. The lowest BCUT2D eigenvalue weighted by Crippen LogP contribution is -2.41. The summed E-state index contributed by atoms with van der Waals surface area (Å²) >= 11 is 6.01. The maximum absolute atomic E-state index is 12.9. The molecule has 0 saturated carbocycles. The molecule has 0 radical (unpaired) electrons. The Bertz CT molecular complexity index is 386. The van der Waals surface area contributed by atoms with Crippen LogP contribution in [-0.2, 0) is 6.54 Å². The Morgan fingerprint density at radius 3 is 2.94 bits per heavy atom. The Morgan fingerprint density at radius 2 is 2.24 bits per heavy atom. The maximum Gasteiger partial charge on any atom is 0.124 e. The van der Waals surface area contributed by atoms with Crippen LogP contribution in [-0.4, -0.2) is 29.2 Å². The first-order chi connectivity index (χ1) is 8.20. The Kier molecular flexibility index (Phi) is 4.37. The van der Waals surface area contributed by atoms with E-state index in [0.717, 1.165) is 24.9 Å². The highest BCUT2D eigenvalue weighted by atomic mass is 35.5. The number of aliphatic hydroxyl groups is 1. The smallest absolute Gasteiger partial charge is 0.124 e. The van der Waals surface area contributed by atoms with Crippen molar-refractivity contribution in [2.24, 2.45) is 0 Å². The van der Waals surface area contributed by atoms with Crippen LogP contribution in [0.1, 0.15) is 24.8 Å². The molecule has 0 spiro atoms. The van der Waals surface area contributed by atoms with E-state index < -0.39 is 0 Å². The molecular weight excluding hydrogens is 241 g/mol. The molecule has 0 aliphatic carbocycles. The number of piperidine rings is 1. The van der Waals surface area contributed by atoms with Crippen LogP contribution < -0.4 is 0 Å². The normalized spacial score (nSPS) is 21.7. The van der Waals surface area contributed by atoms with Gasteiger partial charge in [-0.1, -0.05) is 24.1 Å². The van der Waals surface area contributed by atoms with Gasteiger partial charge in [0.1, 0.15) is 5.82 Å². The van der Waals surface area contributed by atoms with Crippen LogP contribution in [0.3, 0.4) is 0 Å². The van der Waals surface area contributed by atoms with Gasteiger partial charge < -0.3 is 5.11 Å². The van der Waals surface area contributed by atoms with Crippen LogP contribution in [0.5, 0.6) is 0 Å². The predicted octanol–water partition coefficient (Wildman–Crippen LogP) is 2.83. The Morgan fingerprint density at radius 1 is 1.41 bits per heavy atom. The number of hydrogen-bond donors (Lipinski definition) is 1. The third-order valence-corrected chi connectivity index (χ3v) is 3.70. The van der Waals surface area contributed by atoms with Crippen LogP contribution in [0.15, 0.2) is 18.2 Å². The molecule has 1 aromatic rings. The lowest BCUT2D eigenvalue weighted by molar-refractivity contribution is 0.0841. The van der Waals surface area contributed by atoms with Gasteiger partial charge in [0.25, 0.3) is 0 Å². The highest BCUT2D eigenvalue weighted by molar-refractivity contribution is 6.31. The van der Waals surface area contributed by atoms with E-state index in [9.17, 15) is 9.50 Å². The summed E-state index contributed by atoms with van der Waals surface area (Å²) < 4.78 is 12.9. The van der Waals surface area contributed by atoms with Crippen molar-refractivity contribution in [1.82, 2.24) is 4.90 Å². The van der Waals surface area contributed by atoms with E-state index in [2.05, 4.69) is 4.90 Å². The molecule has 1 aromatic carbocycles. The zero-order chi connectivity index (χ0) is 12.3. The van der Waals surface area contributed by atoms with Crippen LogP contribution in [0.25, 0.3) is 0 Å². The Hall–Kier alpha value is -0.640. The lowest BCUT2D eigenvalue weighted by atomic mass is 10.0. The summed E-state index contributed by atoms with van der Waals surface area (Å²) in [6.45, 7) is 1.84. The minimum absolute atomic E-state index is 0.179. The molecule has 1 aliphatic heterocycles. The molecule has 1 saturated heterocycles. The van der Waals surface area contributed by atoms with Crippen LogP contribution >= 0.6 is 11.6 Å². The van der Waals surface area contributed by atoms with Gasteiger partial charge in [0.05, 0.1) is 6.61 Å².